The summed E-state index contributed by atoms with van der Waals surface area (Å²) in [4.78, 5) is 4.37. The second kappa shape index (κ2) is 4.51. The standard InChI is InChI=1S/C13H13ClN2O3/c1-18-13(5-2-6-13)12-15-11(19-16-12)8-3-4-10(17)9(14)7-8/h3-4,7,17H,2,5-6H2,1H3. The predicted molar refractivity (Wildman–Crippen MR) is 68.9 cm³/mol. The minimum Gasteiger partial charge on any atom is -0.506 e. The minimum atomic E-state index is -0.400. The van der Waals surface area contributed by atoms with Crippen molar-refractivity contribution in [3.63, 3.8) is 0 Å². The zero-order valence-corrected chi connectivity index (χ0v) is 11.1. The lowest BCUT2D eigenvalue weighted by molar-refractivity contribution is -0.0858. The number of halogens is 1. The van der Waals surface area contributed by atoms with Gasteiger partial charge in [-0.2, -0.15) is 4.98 Å². The highest BCUT2D eigenvalue weighted by atomic mass is 35.5. The molecule has 1 aromatic carbocycles. The van der Waals surface area contributed by atoms with Crippen LogP contribution in [0, 0.1) is 0 Å². The van der Waals surface area contributed by atoms with Crippen molar-refractivity contribution in [3.8, 4) is 17.2 Å². The molecule has 1 saturated carbocycles. The van der Waals surface area contributed by atoms with Crippen LogP contribution in [0.15, 0.2) is 22.7 Å². The van der Waals surface area contributed by atoms with Crippen LogP contribution in [-0.2, 0) is 10.3 Å². The van der Waals surface area contributed by atoms with Gasteiger partial charge in [0.2, 0.25) is 5.82 Å². The van der Waals surface area contributed by atoms with Gasteiger partial charge in [0.1, 0.15) is 11.4 Å². The van der Waals surface area contributed by atoms with E-state index in [9.17, 15) is 5.11 Å². The van der Waals surface area contributed by atoms with E-state index in [1.807, 2.05) is 0 Å². The molecule has 0 spiro atoms. The number of phenolic OH excluding ortho intramolecular Hbond substituents is 1. The number of methoxy groups -OCH3 is 1. The van der Waals surface area contributed by atoms with Gasteiger partial charge in [-0.15, -0.1) is 0 Å². The Morgan fingerprint density at radius 1 is 1.42 bits per heavy atom. The Balaban J connectivity index is 1.94. The molecule has 1 aromatic heterocycles. The molecule has 0 aliphatic heterocycles. The van der Waals surface area contributed by atoms with E-state index in [1.54, 1.807) is 19.2 Å². The summed E-state index contributed by atoms with van der Waals surface area (Å²) in [5.41, 5.74) is 0.273. The van der Waals surface area contributed by atoms with E-state index in [2.05, 4.69) is 10.1 Å². The molecular formula is C13H13ClN2O3. The maximum absolute atomic E-state index is 9.39. The summed E-state index contributed by atoms with van der Waals surface area (Å²) in [6, 6.07) is 4.77. The number of hydrogen-bond acceptors (Lipinski definition) is 5. The van der Waals surface area contributed by atoms with E-state index < -0.39 is 5.60 Å². The fourth-order valence-electron chi connectivity index (χ4n) is 2.18. The van der Waals surface area contributed by atoms with Crippen molar-refractivity contribution in [1.82, 2.24) is 10.1 Å². The third-order valence-corrected chi connectivity index (χ3v) is 3.88. The van der Waals surface area contributed by atoms with Crippen molar-refractivity contribution in [2.45, 2.75) is 24.9 Å². The van der Waals surface area contributed by atoms with E-state index in [4.69, 9.17) is 20.9 Å². The first-order valence-corrected chi connectivity index (χ1v) is 6.41. The van der Waals surface area contributed by atoms with Crippen LogP contribution < -0.4 is 0 Å². The summed E-state index contributed by atoms with van der Waals surface area (Å²) < 4.78 is 10.7. The molecule has 3 rings (SSSR count). The van der Waals surface area contributed by atoms with Crippen LogP contribution in [0.5, 0.6) is 5.75 Å². The zero-order chi connectivity index (χ0) is 13.5. The number of aromatic nitrogens is 2. The third-order valence-electron chi connectivity index (χ3n) is 3.58. The first-order chi connectivity index (χ1) is 9.14. The number of aromatic hydroxyl groups is 1. The van der Waals surface area contributed by atoms with Crippen molar-refractivity contribution >= 4 is 11.6 Å². The summed E-state index contributed by atoms with van der Waals surface area (Å²) in [7, 11) is 1.66. The SMILES string of the molecule is COC1(c2noc(-c3ccc(O)c(Cl)c3)n2)CCC1. The van der Waals surface area contributed by atoms with Crippen LogP contribution in [0.25, 0.3) is 11.5 Å². The Morgan fingerprint density at radius 3 is 2.79 bits per heavy atom. The van der Waals surface area contributed by atoms with Crippen molar-refractivity contribution in [2.75, 3.05) is 7.11 Å². The molecule has 1 N–H and O–H groups in total. The number of nitrogens with zero attached hydrogens (tertiary/aromatic N) is 2. The van der Waals surface area contributed by atoms with Crippen LogP contribution in [0.1, 0.15) is 25.1 Å². The highest BCUT2D eigenvalue weighted by molar-refractivity contribution is 6.32. The molecule has 1 fully saturated rings. The van der Waals surface area contributed by atoms with Gasteiger partial charge in [-0.05, 0) is 37.5 Å². The van der Waals surface area contributed by atoms with E-state index in [1.165, 1.54) is 6.07 Å². The second-order valence-electron chi connectivity index (χ2n) is 4.64. The van der Waals surface area contributed by atoms with Crippen LogP contribution in [0.2, 0.25) is 5.02 Å². The van der Waals surface area contributed by atoms with E-state index >= 15 is 0 Å². The number of benzene rings is 1. The minimum absolute atomic E-state index is 0.0255. The summed E-state index contributed by atoms with van der Waals surface area (Å²) >= 11 is 5.86. The maximum Gasteiger partial charge on any atom is 0.258 e. The molecular weight excluding hydrogens is 268 g/mol. The lowest BCUT2D eigenvalue weighted by Crippen LogP contribution is -2.37. The molecule has 1 heterocycles. The zero-order valence-electron chi connectivity index (χ0n) is 10.4. The molecule has 0 amide bonds. The van der Waals surface area contributed by atoms with Crippen LogP contribution in [0.3, 0.4) is 0 Å². The lowest BCUT2D eigenvalue weighted by Gasteiger charge is -2.37. The van der Waals surface area contributed by atoms with Gasteiger partial charge in [0.25, 0.3) is 5.89 Å². The Labute approximate surface area is 115 Å². The van der Waals surface area contributed by atoms with Crippen LogP contribution in [0.4, 0.5) is 0 Å². The van der Waals surface area contributed by atoms with Crippen molar-refractivity contribution in [1.29, 1.82) is 0 Å². The Kier molecular flexibility index (Phi) is 2.95. The smallest absolute Gasteiger partial charge is 0.258 e. The van der Waals surface area contributed by atoms with Crippen molar-refractivity contribution in [2.24, 2.45) is 0 Å². The average molecular weight is 281 g/mol. The summed E-state index contributed by atoms with van der Waals surface area (Å²) in [5.74, 6) is 0.971. The summed E-state index contributed by atoms with van der Waals surface area (Å²) in [6.45, 7) is 0. The van der Waals surface area contributed by atoms with Gasteiger partial charge in [-0.1, -0.05) is 16.8 Å². The molecule has 19 heavy (non-hydrogen) atoms. The maximum atomic E-state index is 9.39. The molecule has 5 nitrogen and oxygen atoms in total. The van der Waals surface area contributed by atoms with Crippen LogP contribution >= 0.6 is 11.6 Å². The van der Waals surface area contributed by atoms with Crippen molar-refractivity contribution < 1.29 is 14.4 Å². The summed E-state index contributed by atoms with van der Waals surface area (Å²) in [5, 5.41) is 13.6. The molecule has 1 aliphatic carbocycles. The fraction of sp³-hybridized carbons (Fsp3) is 0.385. The first kappa shape index (κ1) is 12.4. The Hall–Kier alpha value is -1.59. The van der Waals surface area contributed by atoms with Gasteiger partial charge in [-0.25, -0.2) is 0 Å². The van der Waals surface area contributed by atoms with Gasteiger partial charge >= 0.3 is 0 Å². The van der Waals surface area contributed by atoms with Crippen molar-refractivity contribution in [3.05, 3.63) is 29.0 Å². The number of hydrogen-bond donors (Lipinski definition) is 1. The Bertz CT molecular complexity index is 602. The Morgan fingerprint density at radius 2 is 2.21 bits per heavy atom. The van der Waals surface area contributed by atoms with E-state index in [0.717, 1.165) is 19.3 Å². The molecule has 2 aromatic rings. The second-order valence-corrected chi connectivity index (χ2v) is 5.05. The van der Waals surface area contributed by atoms with Gasteiger partial charge in [0.05, 0.1) is 5.02 Å². The van der Waals surface area contributed by atoms with Gasteiger partial charge < -0.3 is 14.4 Å². The number of rotatable bonds is 3. The van der Waals surface area contributed by atoms with E-state index in [-0.39, 0.29) is 10.8 Å². The number of ether oxygens (including phenoxy) is 1. The average Bonchev–Trinajstić information content (AvgIpc) is 2.82. The van der Waals surface area contributed by atoms with Gasteiger partial charge in [-0.3, -0.25) is 0 Å². The van der Waals surface area contributed by atoms with E-state index in [0.29, 0.717) is 17.3 Å². The third kappa shape index (κ3) is 1.99. The topological polar surface area (TPSA) is 68.4 Å². The van der Waals surface area contributed by atoms with Gasteiger partial charge in [0, 0.05) is 12.7 Å². The molecule has 6 heteroatoms. The quantitative estimate of drug-likeness (QED) is 0.935. The largest absolute Gasteiger partial charge is 0.506 e. The van der Waals surface area contributed by atoms with Gasteiger partial charge in [0.15, 0.2) is 0 Å². The number of phenols is 1. The lowest BCUT2D eigenvalue weighted by atomic mass is 9.79. The molecule has 0 unspecified atom stereocenters. The normalized spacial score (nSPS) is 17.2. The molecule has 0 saturated heterocycles. The highest BCUT2D eigenvalue weighted by Gasteiger charge is 2.43. The fourth-order valence-corrected chi connectivity index (χ4v) is 2.36. The summed E-state index contributed by atoms with van der Waals surface area (Å²) in [6.07, 6.45) is 2.90. The molecule has 1 aliphatic rings. The molecule has 0 atom stereocenters. The first-order valence-electron chi connectivity index (χ1n) is 6.03. The molecule has 100 valence electrons. The predicted octanol–water partition coefficient (Wildman–Crippen LogP) is 3.12. The monoisotopic (exact) mass is 280 g/mol. The molecule has 0 radical (unpaired) electrons. The van der Waals surface area contributed by atoms with Crippen LogP contribution in [-0.4, -0.2) is 22.4 Å². The highest BCUT2D eigenvalue weighted by Crippen LogP contribution is 2.43. The molecule has 0 bridgehead atoms.